The second-order valence-electron chi connectivity index (χ2n) is 10.9. The Morgan fingerprint density at radius 2 is 1.88 bits per heavy atom. The van der Waals surface area contributed by atoms with E-state index in [9.17, 15) is 40.3 Å². The summed E-state index contributed by atoms with van der Waals surface area (Å²) in [4.78, 5) is 16.9. The van der Waals surface area contributed by atoms with Gasteiger partial charge in [-0.1, -0.05) is 25.4 Å². The van der Waals surface area contributed by atoms with Gasteiger partial charge in [0.05, 0.1) is 32.5 Å². The largest absolute Gasteiger partial charge is 0.416 e. The van der Waals surface area contributed by atoms with Gasteiger partial charge in [-0.2, -0.15) is 27.1 Å². The Morgan fingerprint density at radius 1 is 1.27 bits per heavy atom. The number of carbonyl (C=O) groups excluding carboxylic acids is 1. The molecule has 230 valence electrons. The number of halogens is 6. The predicted octanol–water partition coefficient (Wildman–Crippen LogP) is 4.80. The van der Waals surface area contributed by atoms with Crippen molar-refractivity contribution >= 4 is 27.3 Å². The molecule has 2 N–H and O–H groups in total. The number of ether oxygens (including phenoxy) is 1. The van der Waals surface area contributed by atoms with Crippen LogP contribution >= 0.6 is 11.6 Å². The SMILES string of the molecule is CCn1nc(C(=O)NC[C@]2(O)CC[C@@H](S(C)(=O)=O)CC2)c(Cl)c1-c1ccc(CC(C)(C)C(F)(F)F)nc1OC(F)F. The molecule has 3 rings (SSSR count). The maximum Gasteiger partial charge on any atom is 0.394 e. The van der Waals surface area contributed by atoms with Crippen LogP contribution in [-0.4, -0.2) is 70.6 Å². The highest BCUT2D eigenvalue weighted by atomic mass is 35.5. The number of hydrogen-bond acceptors (Lipinski definition) is 7. The van der Waals surface area contributed by atoms with Crippen LogP contribution in [-0.2, 0) is 22.8 Å². The van der Waals surface area contributed by atoms with E-state index >= 15 is 0 Å². The van der Waals surface area contributed by atoms with Gasteiger partial charge < -0.3 is 15.2 Å². The van der Waals surface area contributed by atoms with Crippen molar-refractivity contribution in [1.82, 2.24) is 20.1 Å². The summed E-state index contributed by atoms with van der Waals surface area (Å²) >= 11 is 6.48. The van der Waals surface area contributed by atoms with E-state index in [0.29, 0.717) is 0 Å². The molecule has 0 atom stereocenters. The Labute approximate surface area is 239 Å². The zero-order valence-corrected chi connectivity index (χ0v) is 24.4. The number of carbonyl (C=O) groups is 1. The summed E-state index contributed by atoms with van der Waals surface area (Å²) in [5, 5.41) is 16.7. The number of amides is 1. The lowest BCUT2D eigenvalue weighted by molar-refractivity contribution is -0.211. The smallest absolute Gasteiger partial charge is 0.394 e. The van der Waals surface area contributed by atoms with Crippen LogP contribution in [0.1, 0.15) is 62.6 Å². The molecule has 1 saturated carbocycles. The summed E-state index contributed by atoms with van der Waals surface area (Å²) < 4.78 is 96.1. The number of hydrogen-bond donors (Lipinski definition) is 2. The summed E-state index contributed by atoms with van der Waals surface area (Å²) in [6, 6.07) is 2.46. The fourth-order valence-corrected chi connectivity index (χ4v) is 6.03. The highest BCUT2D eigenvalue weighted by Crippen LogP contribution is 2.42. The van der Waals surface area contributed by atoms with Gasteiger partial charge >= 0.3 is 12.8 Å². The molecule has 1 fully saturated rings. The molecule has 2 aromatic rings. The van der Waals surface area contributed by atoms with Gasteiger partial charge in [0, 0.05) is 31.5 Å². The average molecular weight is 631 g/mol. The molecule has 16 heteroatoms. The van der Waals surface area contributed by atoms with E-state index in [1.54, 1.807) is 6.92 Å². The zero-order chi connectivity index (χ0) is 31.0. The monoisotopic (exact) mass is 630 g/mol. The van der Waals surface area contributed by atoms with Crippen LogP contribution in [0.4, 0.5) is 22.0 Å². The predicted molar refractivity (Wildman–Crippen MR) is 141 cm³/mol. The van der Waals surface area contributed by atoms with Crippen molar-refractivity contribution in [1.29, 1.82) is 0 Å². The van der Waals surface area contributed by atoms with E-state index < -0.39 is 57.1 Å². The molecule has 1 aliphatic rings. The number of aliphatic hydroxyl groups is 1. The van der Waals surface area contributed by atoms with Crippen LogP contribution in [0.5, 0.6) is 5.88 Å². The molecule has 2 aromatic heterocycles. The van der Waals surface area contributed by atoms with E-state index in [1.165, 1.54) is 16.8 Å². The minimum absolute atomic E-state index is 0.0172. The molecule has 0 unspecified atom stereocenters. The summed E-state index contributed by atoms with van der Waals surface area (Å²) in [5.74, 6) is -1.47. The molecular formula is C25H32ClF5N4O5S. The van der Waals surface area contributed by atoms with Crippen molar-refractivity contribution in [3.8, 4) is 17.1 Å². The lowest BCUT2D eigenvalue weighted by Crippen LogP contribution is -2.47. The van der Waals surface area contributed by atoms with Crippen molar-refractivity contribution in [3.63, 3.8) is 0 Å². The van der Waals surface area contributed by atoms with Gasteiger partial charge in [-0.3, -0.25) is 9.48 Å². The van der Waals surface area contributed by atoms with Gasteiger partial charge in [0.1, 0.15) is 9.84 Å². The highest BCUT2D eigenvalue weighted by molar-refractivity contribution is 7.91. The van der Waals surface area contributed by atoms with Crippen molar-refractivity contribution in [2.45, 2.75) is 83.1 Å². The number of nitrogens with zero attached hydrogens (tertiary/aromatic N) is 3. The quantitative estimate of drug-likeness (QED) is 0.362. The highest BCUT2D eigenvalue weighted by Gasteiger charge is 2.47. The number of alkyl halides is 5. The van der Waals surface area contributed by atoms with Crippen molar-refractivity contribution in [2.24, 2.45) is 5.41 Å². The van der Waals surface area contributed by atoms with Crippen LogP contribution in [0.15, 0.2) is 12.1 Å². The maximum absolute atomic E-state index is 13.4. The van der Waals surface area contributed by atoms with Crippen LogP contribution in [0.25, 0.3) is 11.3 Å². The van der Waals surface area contributed by atoms with Crippen LogP contribution < -0.4 is 10.1 Å². The van der Waals surface area contributed by atoms with Gasteiger partial charge in [0.15, 0.2) is 5.69 Å². The van der Waals surface area contributed by atoms with Gasteiger partial charge in [-0.05, 0) is 44.7 Å². The van der Waals surface area contributed by atoms with E-state index in [0.717, 1.165) is 20.1 Å². The molecule has 41 heavy (non-hydrogen) atoms. The molecule has 2 heterocycles. The normalized spacial score (nSPS) is 20.3. The third-order valence-corrected chi connectivity index (χ3v) is 9.26. The van der Waals surface area contributed by atoms with Crippen molar-refractivity contribution < 1.29 is 45.0 Å². The number of nitrogens with one attached hydrogen (secondary N) is 1. The van der Waals surface area contributed by atoms with E-state index in [1.807, 2.05) is 0 Å². The van der Waals surface area contributed by atoms with Crippen molar-refractivity contribution in [3.05, 3.63) is 28.5 Å². The van der Waals surface area contributed by atoms with Crippen LogP contribution in [0.2, 0.25) is 5.02 Å². The lowest BCUT2D eigenvalue weighted by Gasteiger charge is -2.35. The first-order valence-electron chi connectivity index (χ1n) is 12.8. The van der Waals surface area contributed by atoms with E-state index in [2.05, 4.69) is 20.1 Å². The molecule has 9 nitrogen and oxygen atoms in total. The molecule has 0 radical (unpaired) electrons. The van der Waals surface area contributed by atoms with E-state index in [-0.39, 0.29) is 66.4 Å². The fourth-order valence-electron chi connectivity index (χ4n) is 4.62. The number of rotatable bonds is 10. The Morgan fingerprint density at radius 3 is 2.39 bits per heavy atom. The number of aryl methyl sites for hydroxylation is 1. The first-order chi connectivity index (χ1) is 18.8. The summed E-state index contributed by atoms with van der Waals surface area (Å²) in [6.07, 6.45) is -3.30. The topological polar surface area (TPSA) is 123 Å². The molecule has 0 spiro atoms. The van der Waals surface area contributed by atoms with Crippen LogP contribution in [0, 0.1) is 5.41 Å². The minimum Gasteiger partial charge on any atom is -0.416 e. The fraction of sp³-hybridized carbons (Fsp3) is 0.640. The number of pyridine rings is 1. The molecule has 0 aliphatic heterocycles. The van der Waals surface area contributed by atoms with Gasteiger partial charge in [-0.15, -0.1) is 0 Å². The molecule has 0 aromatic carbocycles. The second kappa shape index (κ2) is 12.0. The summed E-state index contributed by atoms with van der Waals surface area (Å²) in [6.45, 7) is 0.105. The summed E-state index contributed by atoms with van der Waals surface area (Å²) in [7, 11) is -3.26. The Kier molecular flexibility index (Phi) is 9.65. The molecular weight excluding hydrogens is 599 g/mol. The average Bonchev–Trinajstić information content (AvgIpc) is 3.17. The first kappa shape index (κ1) is 33.0. The van der Waals surface area contributed by atoms with Gasteiger partial charge in [0.2, 0.25) is 5.88 Å². The molecule has 1 aliphatic carbocycles. The summed E-state index contributed by atoms with van der Waals surface area (Å²) in [5.41, 5.74) is -4.12. The molecule has 0 bridgehead atoms. The zero-order valence-electron chi connectivity index (χ0n) is 22.9. The second-order valence-corrected chi connectivity index (χ2v) is 13.6. The third kappa shape index (κ3) is 7.66. The number of sulfone groups is 1. The first-order valence-corrected chi connectivity index (χ1v) is 15.1. The molecule has 1 amide bonds. The van der Waals surface area contributed by atoms with Gasteiger partial charge in [0.25, 0.3) is 5.91 Å². The Balaban J connectivity index is 1.89. The van der Waals surface area contributed by atoms with Gasteiger partial charge in [-0.25, -0.2) is 13.4 Å². The number of aromatic nitrogens is 3. The van der Waals surface area contributed by atoms with Crippen molar-refractivity contribution in [2.75, 3.05) is 12.8 Å². The molecule has 0 saturated heterocycles. The minimum atomic E-state index is -4.58. The van der Waals surface area contributed by atoms with E-state index in [4.69, 9.17) is 11.6 Å². The third-order valence-electron chi connectivity index (χ3n) is 7.22. The Bertz CT molecular complexity index is 1370. The Hall–Kier alpha value is -2.52. The maximum atomic E-state index is 13.4. The lowest BCUT2D eigenvalue weighted by atomic mass is 9.84. The standard InChI is InChI=1S/C25H32ClF5N4O5S/c1-5-35-19(16-7-6-14(33-21(16)40-22(27)28)12-23(2,3)25(29,30)31)17(26)18(34-35)20(36)32-13-24(37)10-8-15(9-11-24)41(4,38)39/h6-7,15,22,37H,5,8-13H2,1-4H3,(H,32,36)/t15-,24+. The van der Waals surface area contributed by atoms with Crippen LogP contribution in [0.3, 0.4) is 0 Å².